The summed E-state index contributed by atoms with van der Waals surface area (Å²) < 4.78 is 79.8. The van der Waals surface area contributed by atoms with Crippen molar-refractivity contribution in [2.24, 2.45) is 7.05 Å². The largest absolute Gasteiger partial charge is 0.481 e. The van der Waals surface area contributed by atoms with Gasteiger partial charge in [-0.15, -0.1) is 0 Å². The molecule has 6 aromatic rings. The molecule has 1 unspecified atom stereocenters. The fraction of sp³-hybridized carbons (Fsp3) is 0.244. The van der Waals surface area contributed by atoms with Crippen molar-refractivity contribution in [2.75, 3.05) is 12.4 Å². The van der Waals surface area contributed by atoms with E-state index in [0.29, 0.717) is 35.9 Å². The van der Waals surface area contributed by atoms with Crippen LogP contribution >= 0.6 is 0 Å². The van der Waals surface area contributed by atoms with Crippen LogP contribution in [0.2, 0.25) is 0 Å². The standard InChI is InChI=1S/C41H38F2N4O7S/c1-46-41-33-23-30(13-14-34(33)42)54-39-32(31-16-18-47(36(31)24-35(39)43)26-52-25-28-8-3-2-4-9-28)17-21-55(50,51)20-6-5-19-53-38(40(44-41)45-46)29-11-7-10-27(22-29)12-15-37(48)49/h2-4,7-11,13-14,16-18,21-24,38H,5-6,12,15,19-20,25-26H2,1H3,(H,48,49)/b21-17-. The van der Waals surface area contributed by atoms with Crippen LogP contribution in [-0.4, -0.2) is 51.2 Å². The lowest BCUT2D eigenvalue weighted by Crippen LogP contribution is -2.11. The molecule has 1 aliphatic heterocycles. The third-order valence-electron chi connectivity index (χ3n) is 9.21. The van der Waals surface area contributed by atoms with Gasteiger partial charge in [0.05, 0.1) is 23.4 Å². The summed E-state index contributed by atoms with van der Waals surface area (Å²) in [5.41, 5.74) is 3.07. The normalized spacial score (nSPS) is 16.5. The summed E-state index contributed by atoms with van der Waals surface area (Å²) in [4.78, 5) is 15.9. The van der Waals surface area contributed by atoms with Gasteiger partial charge in [-0.2, -0.15) is 5.10 Å². The monoisotopic (exact) mass is 768 g/mol. The van der Waals surface area contributed by atoms with Gasteiger partial charge in [0, 0.05) is 48.7 Å². The molecule has 14 heteroatoms. The van der Waals surface area contributed by atoms with Gasteiger partial charge in [0.25, 0.3) is 0 Å². The van der Waals surface area contributed by atoms with Gasteiger partial charge in [0.15, 0.2) is 33.1 Å². The average molecular weight is 769 g/mol. The lowest BCUT2D eigenvalue weighted by atomic mass is 10.0. The highest BCUT2D eigenvalue weighted by Gasteiger charge is 2.25. The third kappa shape index (κ3) is 8.83. The summed E-state index contributed by atoms with van der Waals surface area (Å²) in [5.74, 6) is -2.32. The van der Waals surface area contributed by atoms with Crippen LogP contribution < -0.4 is 4.74 Å². The van der Waals surface area contributed by atoms with Crippen LogP contribution in [0.3, 0.4) is 0 Å². The van der Waals surface area contributed by atoms with Crippen LogP contribution in [0.15, 0.2) is 96.5 Å². The van der Waals surface area contributed by atoms with Crippen molar-refractivity contribution >= 4 is 32.8 Å². The number of hydrogen-bond donors (Lipinski definition) is 1. The van der Waals surface area contributed by atoms with E-state index < -0.39 is 33.5 Å². The predicted molar refractivity (Wildman–Crippen MR) is 202 cm³/mol. The van der Waals surface area contributed by atoms with Crippen LogP contribution in [-0.2, 0) is 50.9 Å². The number of aryl methyl sites for hydroxylation is 2. The SMILES string of the molecule is Cn1nc2nc1-c1cc(ccc1F)Oc1c(F)cc3c(ccn3COCc3ccccc3)c1/C=C\S(=O)(=O)CCCCOC2c1cccc(CCC(=O)O)c1. The Bertz CT molecular complexity index is 2480. The minimum atomic E-state index is -3.78. The Morgan fingerprint density at radius 1 is 0.982 bits per heavy atom. The summed E-state index contributed by atoms with van der Waals surface area (Å²) in [5, 5.41) is 15.3. The second-order valence-electron chi connectivity index (χ2n) is 13.2. The number of sulfone groups is 1. The zero-order chi connectivity index (χ0) is 38.5. The minimum Gasteiger partial charge on any atom is -0.481 e. The molecule has 284 valence electrons. The van der Waals surface area contributed by atoms with Crippen molar-refractivity contribution in [1.82, 2.24) is 19.3 Å². The summed E-state index contributed by atoms with van der Waals surface area (Å²) in [6.07, 6.45) is 3.08. The number of rotatable bonds is 8. The van der Waals surface area contributed by atoms with Crippen LogP contribution in [0.25, 0.3) is 28.4 Å². The average Bonchev–Trinajstić information content (AvgIpc) is 3.75. The molecule has 0 amide bonds. The minimum absolute atomic E-state index is 0.0247. The molecule has 2 aromatic heterocycles. The molecular weight excluding hydrogens is 731 g/mol. The number of halogens is 2. The van der Waals surface area contributed by atoms with E-state index in [1.807, 2.05) is 42.5 Å². The number of hydrogen-bond acceptors (Lipinski definition) is 8. The molecule has 1 N–H and O–H groups in total. The van der Waals surface area contributed by atoms with Crippen LogP contribution in [0, 0.1) is 11.6 Å². The molecule has 0 radical (unpaired) electrons. The number of carboxylic acid groups (broad SMARTS) is 1. The molecule has 1 atom stereocenters. The van der Waals surface area contributed by atoms with Gasteiger partial charge in [-0.3, -0.25) is 4.79 Å². The van der Waals surface area contributed by atoms with Gasteiger partial charge in [-0.25, -0.2) is 26.9 Å². The molecule has 0 saturated carbocycles. The van der Waals surface area contributed by atoms with Gasteiger partial charge >= 0.3 is 5.97 Å². The summed E-state index contributed by atoms with van der Waals surface area (Å²) >= 11 is 0. The molecule has 7 rings (SSSR count). The maximum Gasteiger partial charge on any atom is 0.303 e. The number of carboxylic acids is 1. The van der Waals surface area contributed by atoms with Gasteiger partial charge in [0.1, 0.15) is 24.4 Å². The number of aromatic nitrogens is 4. The van der Waals surface area contributed by atoms with Crippen molar-refractivity contribution in [3.8, 4) is 22.9 Å². The van der Waals surface area contributed by atoms with Crippen molar-refractivity contribution in [2.45, 2.75) is 45.1 Å². The van der Waals surface area contributed by atoms with E-state index in [9.17, 15) is 18.3 Å². The van der Waals surface area contributed by atoms with Gasteiger partial charge in [-0.1, -0.05) is 54.6 Å². The first-order valence-corrected chi connectivity index (χ1v) is 19.4. The second-order valence-corrected chi connectivity index (χ2v) is 15.2. The first kappa shape index (κ1) is 37.6. The zero-order valence-electron chi connectivity index (χ0n) is 29.9. The second kappa shape index (κ2) is 16.3. The first-order valence-electron chi connectivity index (χ1n) is 17.7. The smallest absolute Gasteiger partial charge is 0.303 e. The lowest BCUT2D eigenvalue weighted by Gasteiger charge is -2.17. The van der Waals surface area contributed by atoms with E-state index in [0.717, 1.165) is 16.5 Å². The summed E-state index contributed by atoms with van der Waals surface area (Å²) in [7, 11) is -2.17. The quantitative estimate of drug-likeness (QED) is 0.164. The van der Waals surface area contributed by atoms with Crippen molar-refractivity contribution < 1.29 is 41.3 Å². The van der Waals surface area contributed by atoms with E-state index in [1.54, 1.807) is 36.0 Å². The first-order chi connectivity index (χ1) is 26.5. The number of aliphatic carboxylic acids is 1. The Hall–Kier alpha value is -5.70. The maximum atomic E-state index is 16.2. The predicted octanol–water partition coefficient (Wildman–Crippen LogP) is 7.98. The Morgan fingerprint density at radius 2 is 1.80 bits per heavy atom. The van der Waals surface area contributed by atoms with Crippen LogP contribution in [0.5, 0.6) is 11.5 Å². The molecule has 11 nitrogen and oxygen atoms in total. The molecule has 4 aromatic carbocycles. The Morgan fingerprint density at radius 3 is 2.62 bits per heavy atom. The lowest BCUT2D eigenvalue weighted by molar-refractivity contribution is -0.136. The number of ether oxygens (including phenoxy) is 3. The summed E-state index contributed by atoms with van der Waals surface area (Å²) in [6.45, 7) is 0.589. The van der Waals surface area contributed by atoms with E-state index >= 15 is 8.78 Å². The van der Waals surface area contributed by atoms with Crippen LogP contribution in [0.1, 0.15) is 53.4 Å². The van der Waals surface area contributed by atoms with E-state index in [1.165, 1.54) is 35.0 Å². The number of nitrogens with zero attached hydrogens (tertiary/aromatic N) is 4. The fourth-order valence-corrected chi connectivity index (χ4v) is 7.55. The highest BCUT2D eigenvalue weighted by atomic mass is 32.2. The maximum absolute atomic E-state index is 16.2. The molecule has 1 aliphatic rings. The van der Waals surface area contributed by atoms with Gasteiger partial charge < -0.3 is 23.9 Å². The molecule has 0 spiro atoms. The van der Waals surface area contributed by atoms with Crippen molar-refractivity contribution in [1.29, 1.82) is 0 Å². The number of fused-ring (bicyclic) bond motifs is 8. The van der Waals surface area contributed by atoms with Crippen LogP contribution in [0.4, 0.5) is 8.78 Å². The molecular formula is C41H38F2N4O7S. The number of carbonyl (C=O) groups is 1. The Labute approximate surface area is 316 Å². The molecule has 55 heavy (non-hydrogen) atoms. The Balaban J connectivity index is 1.27. The molecule has 4 bridgehead atoms. The Kier molecular flexibility index (Phi) is 11.2. The van der Waals surface area contributed by atoms with Gasteiger partial charge in [0.2, 0.25) is 0 Å². The molecule has 0 fully saturated rings. The molecule has 0 saturated heterocycles. The topological polar surface area (TPSA) is 135 Å². The highest BCUT2D eigenvalue weighted by molar-refractivity contribution is 7.94. The molecule has 3 heterocycles. The van der Waals surface area contributed by atoms with E-state index in [-0.39, 0.29) is 66.2 Å². The van der Waals surface area contributed by atoms with Gasteiger partial charge in [-0.05, 0) is 66.3 Å². The molecule has 0 aliphatic carbocycles. The highest BCUT2D eigenvalue weighted by Crippen LogP contribution is 2.38. The fourth-order valence-electron chi connectivity index (χ4n) is 6.46. The zero-order valence-corrected chi connectivity index (χ0v) is 30.7. The van der Waals surface area contributed by atoms with Crippen molar-refractivity contribution in [3.63, 3.8) is 0 Å². The van der Waals surface area contributed by atoms with E-state index in [2.05, 4.69) is 10.1 Å². The summed E-state index contributed by atoms with van der Waals surface area (Å²) in [6, 6.07) is 23.8. The number of benzene rings is 4. The van der Waals surface area contributed by atoms with E-state index in [4.69, 9.17) is 14.2 Å². The third-order valence-corrected chi connectivity index (χ3v) is 10.6. The van der Waals surface area contributed by atoms with Crippen molar-refractivity contribution in [3.05, 3.63) is 136 Å².